The zero-order chi connectivity index (χ0) is 16.3. The van der Waals surface area contributed by atoms with Crippen LogP contribution in [0.4, 0.5) is 5.69 Å². The van der Waals surface area contributed by atoms with Crippen molar-refractivity contribution in [2.24, 2.45) is 0 Å². The Bertz CT molecular complexity index is 788. The van der Waals surface area contributed by atoms with Crippen molar-refractivity contribution in [3.63, 3.8) is 0 Å². The lowest BCUT2D eigenvalue weighted by atomic mass is 10.2. The Kier molecular flexibility index (Phi) is 5.32. The lowest BCUT2D eigenvalue weighted by molar-refractivity contribution is 0.592. The number of benzene rings is 2. The van der Waals surface area contributed by atoms with Gasteiger partial charge in [-0.3, -0.25) is 4.31 Å². The Balaban J connectivity index is 2.57. The third kappa shape index (κ3) is 3.54. The molecule has 0 heterocycles. The molecule has 0 N–H and O–H groups in total. The quantitative estimate of drug-likeness (QED) is 0.677. The van der Waals surface area contributed by atoms with E-state index in [1.165, 1.54) is 4.31 Å². The van der Waals surface area contributed by atoms with Gasteiger partial charge in [-0.15, -0.1) is 6.58 Å². The summed E-state index contributed by atoms with van der Waals surface area (Å²) in [4.78, 5) is 0.219. The van der Waals surface area contributed by atoms with Crippen molar-refractivity contribution in [2.75, 3.05) is 10.8 Å². The lowest BCUT2D eigenvalue weighted by Crippen LogP contribution is -2.31. The molecule has 0 saturated heterocycles. The van der Waals surface area contributed by atoms with Crippen LogP contribution in [0.25, 0.3) is 0 Å². The molecule has 0 bridgehead atoms. The van der Waals surface area contributed by atoms with E-state index in [9.17, 15) is 8.42 Å². The van der Waals surface area contributed by atoms with Crippen LogP contribution in [0.2, 0.25) is 5.02 Å². The van der Waals surface area contributed by atoms with Gasteiger partial charge in [-0.1, -0.05) is 39.7 Å². The van der Waals surface area contributed by atoms with Crippen LogP contribution in [-0.2, 0) is 10.0 Å². The van der Waals surface area contributed by atoms with Crippen LogP contribution < -0.4 is 4.31 Å². The van der Waals surface area contributed by atoms with Crippen molar-refractivity contribution in [1.82, 2.24) is 0 Å². The number of aryl methyl sites for hydroxylation is 1. The summed E-state index contributed by atoms with van der Waals surface area (Å²) in [6.07, 6.45) is 1.55. The highest BCUT2D eigenvalue weighted by Crippen LogP contribution is 2.29. The number of sulfonamides is 1. The first-order valence-electron chi connectivity index (χ1n) is 6.51. The largest absolute Gasteiger partial charge is 0.264 e. The van der Waals surface area contributed by atoms with Gasteiger partial charge in [0.05, 0.1) is 17.1 Å². The maximum Gasteiger partial charge on any atom is 0.264 e. The van der Waals surface area contributed by atoms with E-state index in [-0.39, 0.29) is 11.4 Å². The second-order valence-corrected chi connectivity index (χ2v) is 7.92. The molecule has 6 heteroatoms. The fourth-order valence-corrected chi connectivity index (χ4v) is 3.95. The summed E-state index contributed by atoms with van der Waals surface area (Å²) < 4.78 is 28.0. The highest BCUT2D eigenvalue weighted by molar-refractivity contribution is 9.10. The first kappa shape index (κ1) is 17.1. The predicted octanol–water partition coefficient (Wildman–Crippen LogP) is 4.79. The molecule has 0 aliphatic rings. The van der Waals surface area contributed by atoms with Crippen LogP contribution in [-0.4, -0.2) is 15.0 Å². The maximum absolute atomic E-state index is 12.9. The first-order chi connectivity index (χ1) is 10.4. The summed E-state index contributed by atoms with van der Waals surface area (Å²) in [7, 11) is -3.69. The van der Waals surface area contributed by atoms with Gasteiger partial charge in [0.15, 0.2) is 0 Å². The van der Waals surface area contributed by atoms with Crippen LogP contribution in [0, 0.1) is 6.92 Å². The van der Waals surface area contributed by atoms with Crippen molar-refractivity contribution >= 4 is 43.2 Å². The molecular formula is C16H15BrClNO2S. The minimum Gasteiger partial charge on any atom is -0.262 e. The van der Waals surface area contributed by atoms with Gasteiger partial charge in [0.1, 0.15) is 0 Å². The van der Waals surface area contributed by atoms with Crippen molar-refractivity contribution in [3.05, 3.63) is 70.2 Å². The second-order valence-electron chi connectivity index (χ2n) is 4.71. The van der Waals surface area contributed by atoms with E-state index in [4.69, 9.17) is 11.6 Å². The molecule has 2 rings (SSSR count). The smallest absolute Gasteiger partial charge is 0.262 e. The molecule has 2 aromatic carbocycles. The third-order valence-corrected chi connectivity index (χ3v) is 5.69. The molecule has 0 atom stereocenters. The monoisotopic (exact) mass is 399 g/mol. The number of nitrogens with zero attached hydrogens (tertiary/aromatic N) is 1. The van der Waals surface area contributed by atoms with E-state index in [1.54, 1.807) is 48.5 Å². The maximum atomic E-state index is 12.9. The van der Waals surface area contributed by atoms with Crippen molar-refractivity contribution in [3.8, 4) is 0 Å². The topological polar surface area (TPSA) is 37.4 Å². The molecule has 0 aromatic heterocycles. The molecule has 0 aliphatic carbocycles. The molecule has 0 unspecified atom stereocenters. The Morgan fingerprint density at radius 2 is 1.86 bits per heavy atom. The Labute approximate surface area is 144 Å². The highest BCUT2D eigenvalue weighted by atomic mass is 79.9. The molecule has 0 aliphatic heterocycles. The van der Waals surface area contributed by atoms with Gasteiger partial charge in [0.25, 0.3) is 10.0 Å². The van der Waals surface area contributed by atoms with Crippen molar-refractivity contribution < 1.29 is 8.42 Å². The van der Waals surface area contributed by atoms with Crippen LogP contribution in [0.5, 0.6) is 0 Å². The number of hydrogen-bond acceptors (Lipinski definition) is 2. The summed E-state index contributed by atoms with van der Waals surface area (Å²) in [5.41, 5.74) is 1.38. The van der Waals surface area contributed by atoms with Crippen LogP contribution >= 0.6 is 27.5 Å². The molecule has 116 valence electrons. The molecule has 0 radical (unpaired) electrons. The van der Waals surface area contributed by atoms with Gasteiger partial charge < -0.3 is 0 Å². The molecule has 0 fully saturated rings. The Hall–Kier alpha value is -1.30. The number of anilines is 1. The highest BCUT2D eigenvalue weighted by Gasteiger charge is 2.25. The number of hydrogen-bond donors (Lipinski definition) is 0. The molecule has 0 saturated carbocycles. The molecule has 22 heavy (non-hydrogen) atoms. The lowest BCUT2D eigenvalue weighted by Gasteiger charge is -2.25. The summed E-state index contributed by atoms with van der Waals surface area (Å²) in [5, 5.41) is 0.487. The van der Waals surface area contributed by atoms with Gasteiger partial charge in [0, 0.05) is 9.50 Å². The molecule has 0 amide bonds. The van der Waals surface area contributed by atoms with E-state index < -0.39 is 10.0 Å². The van der Waals surface area contributed by atoms with Crippen LogP contribution in [0.1, 0.15) is 5.56 Å². The fourth-order valence-electron chi connectivity index (χ4n) is 2.03. The average molecular weight is 401 g/mol. The van der Waals surface area contributed by atoms with Gasteiger partial charge in [0.2, 0.25) is 0 Å². The SMILES string of the molecule is C=CCN(c1cc(Cl)ccc1C)S(=O)(=O)c1ccc(Br)cc1. The van der Waals surface area contributed by atoms with Crippen LogP contribution in [0.15, 0.2) is 64.5 Å². The minimum absolute atomic E-state index is 0.166. The van der Waals surface area contributed by atoms with Gasteiger partial charge in [-0.2, -0.15) is 0 Å². The van der Waals surface area contributed by atoms with Gasteiger partial charge >= 0.3 is 0 Å². The average Bonchev–Trinajstić information content (AvgIpc) is 2.48. The van der Waals surface area contributed by atoms with Gasteiger partial charge in [-0.25, -0.2) is 8.42 Å². The fraction of sp³-hybridized carbons (Fsp3) is 0.125. The molecule has 0 spiro atoms. The van der Waals surface area contributed by atoms with Crippen molar-refractivity contribution in [2.45, 2.75) is 11.8 Å². The third-order valence-electron chi connectivity index (χ3n) is 3.14. The first-order valence-corrected chi connectivity index (χ1v) is 9.12. The standard InChI is InChI=1S/C16H15BrClNO2S/c1-3-10-19(16-11-14(18)7-4-12(16)2)22(20,21)15-8-5-13(17)6-9-15/h3-9,11H,1,10H2,2H3. The summed E-state index contributed by atoms with van der Waals surface area (Å²) in [6.45, 7) is 5.67. The normalized spacial score (nSPS) is 11.2. The van der Waals surface area contributed by atoms with E-state index in [1.807, 2.05) is 6.92 Å². The van der Waals surface area contributed by atoms with E-state index in [2.05, 4.69) is 22.5 Å². The number of halogens is 2. The van der Waals surface area contributed by atoms with E-state index >= 15 is 0 Å². The zero-order valence-corrected chi connectivity index (χ0v) is 15.1. The van der Waals surface area contributed by atoms with E-state index in [0.717, 1.165) is 10.0 Å². The molecule has 2 aromatic rings. The summed E-state index contributed by atoms with van der Waals surface area (Å²) in [6, 6.07) is 11.7. The zero-order valence-electron chi connectivity index (χ0n) is 12.0. The Morgan fingerprint density at radius 1 is 1.23 bits per heavy atom. The Morgan fingerprint density at radius 3 is 2.45 bits per heavy atom. The molecule has 3 nitrogen and oxygen atoms in total. The minimum atomic E-state index is -3.69. The second kappa shape index (κ2) is 6.86. The van der Waals surface area contributed by atoms with E-state index in [0.29, 0.717) is 10.7 Å². The van der Waals surface area contributed by atoms with Gasteiger partial charge in [-0.05, 0) is 48.9 Å². The van der Waals surface area contributed by atoms with Crippen LogP contribution in [0.3, 0.4) is 0 Å². The predicted molar refractivity (Wildman–Crippen MR) is 95.1 cm³/mol. The van der Waals surface area contributed by atoms with Crippen molar-refractivity contribution in [1.29, 1.82) is 0 Å². The summed E-state index contributed by atoms with van der Waals surface area (Å²) in [5.74, 6) is 0. The number of rotatable bonds is 5. The molecular weight excluding hydrogens is 386 g/mol. The summed E-state index contributed by atoms with van der Waals surface area (Å²) >= 11 is 9.33.